The average molecular weight is 258 g/mol. The van der Waals surface area contributed by atoms with Gasteiger partial charge < -0.3 is 9.47 Å². The molecule has 1 saturated carbocycles. The first-order chi connectivity index (χ1) is 8.01. The molecule has 0 heterocycles. The van der Waals surface area contributed by atoms with E-state index in [0.29, 0.717) is 12.9 Å². The molecule has 0 aromatic carbocycles. The zero-order valence-electron chi connectivity index (χ0n) is 12.1. The highest BCUT2D eigenvalue weighted by Gasteiger charge is 2.20. The lowest BCUT2D eigenvalue weighted by Crippen LogP contribution is -2.24. The molecular formula is C14H30O2Si. The van der Waals surface area contributed by atoms with Crippen LogP contribution in [0.2, 0.25) is 25.7 Å². The third kappa shape index (κ3) is 7.22. The Labute approximate surface area is 108 Å². The highest BCUT2D eigenvalue weighted by Crippen LogP contribution is 2.28. The lowest BCUT2D eigenvalue weighted by molar-refractivity contribution is -0.0986. The summed E-state index contributed by atoms with van der Waals surface area (Å²) in [5.41, 5.74) is 0. The van der Waals surface area contributed by atoms with Crippen LogP contribution in [0.1, 0.15) is 39.0 Å². The van der Waals surface area contributed by atoms with Crippen molar-refractivity contribution in [2.45, 2.75) is 70.8 Å². The monoisotopic (exact) mass is 258 g/mol. The van der Waals surface area contributed by atoms with E-state index in [1.165, 1.54) is 38.1 Å². The van der Waals surface area contributed by atoms with Crippen molar-refractivity contribution >= 4 is 8.07 Å². The lowest BCUT2D eigenvalue weighted by Gasteiger charge is -2.27. The van der Waals surface area contributed by atoms with Crippen LogP contribution in [0.25, 0.3) is 0 Å². The summed E-state index contributed by atoms with van der Waals surface area (Å²) in [5.74, 6) is 0.947. The second kappa shape index (κ2) is 7.55. The summed E-state index contributed by atoms with van der Waals surface area (Å²) in [6.07, 6.45) is 6.95. The standard InChI is InChI=1S/C14H30O2Si/c1-5-13-6-8-14(9-7-13)16-12-15-10-11-17(2,3)4/h13-14H,5-12H2,1-4H3/t13-,14+. The van der Waals surface area contributed by atoms with E-state index in [4.69, 9.17) is 9.47 Å². The fourth-order valence-electron chi connectivity index (χ4n) is 2.29. The first-order valence-corrected chi connectivity index (χ1v) is 10.9. The highest BCUT2D eigenvalue weighted by molar-refractivity contribution is 6.76. The Morgan fingerprint density at radius 2 is 1.71 bits per heavy atom. The molecule has 0 unspecified atom stereocenters. The minimum Gasteiger partial charge on any atom is -0.356 e. The van der Waals surface area contributed by atoms with Crippen LogP contribution in [0.5, 0.6) is 0 Å². The highest BCUT2D eigenvalue weighted by atomic mass is 28.3. The minimum absolute atomic E-state index is 0.463. The summed E-state index contributed by atoms with van der Waals surface area (Å²) in [4.78, 5) is 0. The molecule has 1 aliphatic rings. The van der Waals surface area contributed by atoms with Crippen LogP contribution < -0.4 is 0 Å². The Kier molecular flexibility index (Phi) is 6.74. The Morgan fingerprint density at radius 1 is 1.06 bits per heavy atom. The van der Waals surface area contributed by atoms with Crippen LogP contribution >= 0.6 is 0 Å². The maximum Gasteiger partial charge on any atom is 0.147 e. The van der Waals surface area contributed by atoms with E-state index < -0.39 is 8.07 Å². The van der Waals surface area contributed by atoms with Crippen LogP contribution in [0.3, 0.4) is 0 Å². The summed E-state index contributed by atoms with van der Waals surface area (Å²) in [6.45, 7) is 10.8. The SMILES string of the molecule is CC[C@H]1CC[C@@H](OCOCC[Si](C)(C)C)CC1. The third-order valence-corrected chi connectivity index (χ3v) is 5.46. The molecule has 1 rings (SSSR count). The van der Waals surface area contributed by atoms with Crippen LogP contribution in [-0.2, 0) is 9.47 Å². The summed E-state index contributed by atoms with van der Waals surface area (Å²) >= 11 is 0. The topological polar surface area (TPSA) is 18.5 Å². The molecule has 0 spiro atoms. The number of hydrogen-bond donors (Lipinski definition) is 0. The molecule has 3 heteroatoms. The summed E-state index contributed by atoms with van der Waals surface area (Å²) < 4.78 is 11.4. The van der Waals surface area contributed by atoms with Crippen LogP contribution in [-0.4, -0.2) is 27.6 Å². The maximum atomic E-state index is 5.78. The second-order valence-electron chi connectivity index (χ2n) is 6.55. The van der Waals surface area contributed by atoms with Crippen molar-refractivity contribution in [3.63, 3.8) is 0 Å². The molecule has 2 nitrogen and oxygen atoms in total. The summed E-state index contributed by atoms with van der Waals surface area (Å²) in [7, 11) is -0.941. The largest absolute Gasteiger partial charge is 0.356 e. The quantitative estimate of drug-likeness (QED) is 0.385. The lowest BCUT2D eigenvalue weighted by atomic mass is 9.86. The predicted octanol–water partition coefficient (Wildman–Crippen LogP) is 4.28. The first kappa shape index (κ1) is 15.2. The van der Waals surface area contributed by atoms with Gasteiger partial charge in [0.1, 0.15) is 6.79 Å². The van der Waals surface area contributed by atoms with Crippen LogP contribution in [0, 0.1) is 5.92 Å². The van der Waals surface area contributed by atoms with Gasteiger partial charge >= 0.3 is 0 Å². The molecule has 0 atom stereocenters. The zero-order valence-corrected chi connectivity index (χ0v) is 13.1. The minimum atomic E-state index is -0.941. The van der Waals surface area contributed by atoms with E-state index >= 15 is 0 Å². The molecule has 1 aliphatic carbocycles. The van der Waals surface area contributed by atoms with Gasteiger partial charge in [-0.25, -0.2) is 0 Å². The molecule has 0 aliphatic heterocycles. The molecule has 1 fully saturated rings. The van der Waals surface area contributed by atoms with Crippen LogP contribution in [0.4, 0.5) is 0 Å². The second-order valence-corrected chi connectivity index (χ2v) is 12.2. The fraction of sp³-hybridized carbons (Fsp3) is 1.00. The average Bonchev–Trinajstić information content (AvgIpc) is 2.28. The van der Waals surface area contributed by atoms with Gasteiger partial charge in [-0.05, 0) is 37.6 Å². The Bertz CT molecular complexity index is 193. The Balaban J connectivity index is 1.97. The van der Waals surface area contributed by atoms with Crippen molar-refractivity contribution in [1.82, 2.24) is 0 Å². The molecule has 102 valence electrons. The van der Waals surface area contributed by atoms with Crippen molar-refractivity contribution in [3.8, 4) is 0 Å². The van der Waals surface area contributed by atoms with E-state index in [-0.39, 0.29) is 0 Å². The van der Waals surface area contributed by atoms with E-state index in [9.17, 15) is 0 Å². The van der Waals surface area contributed by atoms with Crippen molar-refractivity contribution in [3.05, 3.63) is 0 Å². The van der Waals surface area contributed by atoms with Crippen molar-refractivity contribution in [2.24, 2.45) is 5.92 Å². The zero-order chi connectivity index (χ0) is 12.7. The molecular weight excluding hydrogens is 228 g/mol. The molecule has 0 N–H and O–H groups in total. The molecule has 0 radical (unpaired) electrons. The third-order valence-electron chi connectivity index (χ3n) is 3.75. The van der Waals surface area contributed by atoms with Gasteiger partial charge in [0.25, 0.3) is 0 Å². The van der Waals surface area contributed by atoms with E-state index in [1.54, 1.807) is 0 Å². The molecule has 0 saturated heterocycles. The molecule has 0 amide bonds. The molecule has 0 aromatic rings. The van der Waals surface area contributed by atoms with Gasteiger partial charge in [0.2, 0.25) is 0 Å². The van der Waals surface area contributed by atoms with E-state index in [2.05, 4.69) is 26.6 Å². The van der Waals surface area contributed by atoms with Gasteiger partial charge in [0.05, 0.1) is 6.10 Å². The van der Waals surface area contributed by atoms with Crippen LogP contribution in [0.15, 0.2) is 0 Å². The maximum absolute atomic E-state index is 5.78. The van der Waals surface area contributed by atoms with Gasteiger partial charge in [0, 0.05) is 14.7 Å². The summed E-state index contributed by atoms with van der Waals surface area (Å²) in [6, 6.07) is 1.24. The van der Waals surface area contributed by atoms with Gasteiger partial charge in [-0.2, -0.15) is 0 Å². The normalized spacial score (nSPS) is 26.1. The number of ether oxygens (including phenoxy) is 2. The van der Waals surface area contributed by atoms with Crippen molar-refractivity contribution < 1.29 is 9.47 Å². The molecule has 17 heavy (non-hydrogen) atoms. The van der Waals surface area contributed by atoms with Gasteiger partial charge in [-0.15, -0.1) is 0 Å². The van der Waals surface area contributed by atoms with Crippen molar-refractivity contribution in [2.75, 3.05) is 13.4 Å². The van der Waals surface area contributed by atoms with Gasteiger partial charge in [0.15, 0.2) is 0 Å². The Hall–Kier alpha value is 0.137. The number of hydrogen-bond acceptors (Lipinski definition) is 2. The smallest absolute Gasteiger partial charge is 0.147 e. The Morgan fingerprint density at radius 3 is 2.24 bits per heavy atom. The van der Waals surface area contributed by atoms with E-state index in [1.807, 2.05) is 0 Å². The predicted molar refractivity (Wildman–Crippen MR) is 76.1 cm³/mol. The fourth-order valence-corrected chi connectivity index (χ4v) is 3.05. The van der Waals surface area contributed by atoms with Gasteiger partial charge in [-0.1, -0.05) is 33.0 Å². The molecule has 0 aromatic heterocycles. The van der Waals surface area contributed by atoms with Gasteiger partial charge in [-0.3, -0.25) is 0 Å². The van der Waals surface area contributed by atoms with E-state index in [0.717, 1.165) is 12.5 Å². The first-order valence-electron chi connectivity index (χ1n) is 7.20. The van der Waals surface area contributed by atoms with Crippen molar-refractivity contribution in [1.29, 1.82) is 0 Å². The molecule has 0 bridgehead atoms. The summed E-state index contributed by atoms with van der Waals surface area (Å²) in [5, 5.41) is 0. The number of rotatable bonds is 7.